The third kappa shape index (κ3) is 4.60. The molecule has 0 aromatic rings. The number of carbonyl (C=O) groups is 2. The maximum atomic E-state index is 11.1. The van der Waals surface area contributed by atoms with Crippen LogP contribution in [0.4, 0.5) is 0 Å². The summed E-state index contributed by atoms with van der Waals surface area (Å²) in [4.78, 5) is 22.3. The van der Waals surface area contributed by atoms with E-state index in [1.807, 2.05) is 0 Å². The number of aliphatic carboxylic acids is 2. The molecule has 1 aliphatic carbocycles. The summed E-state index contributed by atoms with van der Waals surface area (Å²) in [6.45, 7) is 6.20. The Balaban J connectivity index is 0.00000289. The van der Waals surface area contributed by atoms with Crippen LogP contribution >= 0.6 is 0 Å². The van der Waals surface area contributed by atoms with E-state index in [4.69, 9.17) is 10.2 Å². The standard InChI is InChI=1S/C13H22O4.K.H/c1-13(2,3)9-7-5-4-6-8(9)10(11(14)15)12(16)17;;/h8-10H,4-7H2,1-3H3,(H,14,15)(H,16,17);;. The maximum absolute atomic E-state index is 11.1. The SMILES string of the molecule is CC(C)(C)C1CCCCC1C(C(=O)O)C(=O)O.[KH]. The summed E-state index contributed by atoms with van der Waals surface area (Å²) < 4.78 is 0. The van der Waals surface area contributed by atoms with Crippen LogP contribution in [0.3, 0.4) is 0 Å². The molecule has 0 spiro atoms. The van der Waals surface area contributed by atoms with Gasteiger partial charge in [-0.2, -0.15) is 0 Å². The van der Waals surface area contributed by atoms with Gasteiger partial charge in [0.05, 0.1) is 0 Å². The minimum atomic E-state index is -1.25. The fourth-order valence-electron chi connectivity index (χ4n) is 3.11. The number of hydrogen-bond donors (Lipinski definition) is 2. The van der Waals surface area contributed by atoms with Crippen molar-refractivity contribution in [1.82, 2.24) is 0 Å². The normalized spacial score (nSPS) is 24.4. The minimum absolute atomic E-state index is 0. The molecule has 1 saturated carbocycles. The molecular formula is C13H23KO4. The van der Waals surface area contributed by atoms with E-state index in [2.05, 4.69) is 20.8 Å². The fraction of sp³-hybridized carbons (Fsp3) is 0.846. The van der Waals surface area contributed by atoms with Gasteiger partial charge in [-0.1, -0.05) is 33.6 Å². The molecule has 0 radical (unpaired) electrons. The molecule has 4 nitrogen and oxygen atoms in total. The van der Waals surface area contributed by atoms with Gasteiger partial charge < -0.3 is 10.2 Å². The zero-order valence-corrected chi connectivity index (χ0v) is 10.8. The zero-order valence-electron chi connectivity index (χ0n) is 10.8. The second-order valence-corrected chi connectivity index (χ2v) is 6.07. The molecule has 0 heterocycles. The molecule has 5 heteroatoms. The number of carboxylic acids is 2. The first-order valence-corrected chi connectivity index (χ1v) is 6.20. The van der Waals surface area contributed by atoms with Crippen LogP contribution in [-0.4, -0.2) is 73.5 Å². The van der Waals surface area contributed by atoms with Crippen LogP contribution in [-0.2, 0) is 9.59 Å². The molecule has 100 valence electrons. The van der Waals surface area contributed by atoms with Crippen molar-refractivity contribution >= 4 is 63.3 Å². The number of hydrogen-bond acceptors (Lipinski definition) is 2. The van der Waals surface area contributed by atoms with Gasteiger partial charge >= 0.3 is 63.3 Å². The summed E-state index contributed by atoms with van der Waals surface area (Å²) in [7, 11) is 0. The van der Waals surface area contributed by atoms with Gasteiger partial charge in [-0.25, -0.2) is 0 Å². The Morgan fingerprint density at radius 1 is 1.06 bits per heavy atom. The number of carboxylic acid groups (broad SMARTS) is 2. The van der Waals surface area contributed by atoms with Crippen molar-refractivity contribution in [3.63, 3.8) is 0 Å². The van der Waals surface area contributed by atoms with Crippen LogP contribution in [0, 0.1) is 23.2 Å². The van der Waals surface area contributed by atoms with E-state index in [0.29, 0.717) is 6.42 Å². The Bertz CT molecular complexity index is 295. The predicted octanol–water partition coefficient (Wildman–Crippen LogP) is 1.98. The molecule has 0 amide bonds. The van der Waals surface area contributed by atoms with Crippen LogP contribution in [0.2, 0.25) is 0 Å². The molecule has 0 aromatic carbocycles. The van der Waals surface area contributed by atoms with Crippen molar-refractivity contribution in [3.05, 3.63) is 0 Å². The van der Waals surface area contributed by atoms with Gasteiger partial charge in [0.1, 0.15) is 0 Å². The topological polar surface area (TPSA) is 74.6 Å². The predicted molar refractivity (Wildman–Crippen MR) is 70.8 cm³/mol. The molecule has 18 heavy (non-hydrogen) atoms. The Kier molecular flexibility index (Phi) is 7.62. The van der Waals surface area contributed by atoms with Crippen molar-refractivity contribution in [1.29, 1.82) is 0 Å². The molecule has 2 unspecified atom stereocenters. The van der Waals surface area contributed by atoms with E-state index >= 15 is 0 Å². The summed E-state index contributed by atoms with van der Waals surface area (Å²) in [6.07, 6.45) is 3.66. The summed E-state index contributed by atoms with van der Waals surface area (Å²) >= 11 is 0. The molecule has 1 aliphatic rings. The zero-order chi connectivity index (χ0) is 13.2. The van der Waals surface area contributed by atoms with Gasteiger partial charge in [0.25, 0.3) is 0 Å². The van der Waals surface area contributed by atoms with Gasteiger partial charge in [-0.15, -0.1) is 0 Å². The van der Waals surface area contributed by atoms with Crippen LogP contribution in [0.5, 0.6) is 0 Å². The first-order chi connectivity index (χ1) is 7.75. The molecular weight excluding hydrogens is 259 g/mol. The van der Waals surface area contributed by atoms with Gasteiger partial charge in [0, 0.05) is 0 Å². The Labute approximate surface area is 151 Å². The van der Waals surface area contributed by atoms with E-state index in [-0.39, 0.29) is 68.6 Å². The van der Waals surface area contributed by atoms with E-state index in [9.17, 15) is 9.59 Å². The molecule has 1 fully saturated rings. The van der Waals surface area contributed by atoms with Gasteiger partial charge in [0.15, 0.2) is 5.92 Å². The third-order valence-electron chi connectivity index (χ3n) is 3.89. The molecule has 0 aliphatic heterocycles. The van der Waals surface area contributed by atoms with Crippen molar-refractivity contribution in [2.45, 2.75) is 46.5 Å². The summed E-state index contributed by atoms with van der Waals surface area (Å²) in [5, 5.41) is 18.2. The quantitative estimate of drug-likeness (QED) is 0.613. The first kappa shape index (κ1) is 18.6. The molecule has 0 saturated heterocycles. The third-order valence-corrected chi connectivity index (χ3v) is 3.89. The van der Waals surface area contributed by atoms with Crippen LogP contribution in [0.15, 0.2) is 0 Å². The Morgan fingerprint density at radius 3 is 1.89 bits per heavy atom. The average molecular weight is 282 g/mol. The van der Waals surface area contributed by atoms with Crippen molar-refractivity contribution in [2.24, 2.45) is 23.2 Å². The van der Waals surface area contributed by atoms with Gasteiger partial charge in [-0.3, -0.25) is 9.59 Å². The first-order valence-electron chi connectivity index (χ1n) is 6.20. The van der Waals surface area contributed by atoms with E-state index in [1.165, 1.54) is 0 Å². The molecule has 2 atom stereocenters. The summed E-state index contributed by atoms with van der Waals surface area (Å²) in [5.41, 5.74) is -0.0335. The van der Waals surface area contributed by atoms with Crippen LogP contribution in [0.1, 0.15) is 46.5 Å². The fourth-order valence-corrected chi connectivity index (χ4v) is 3.11. The molecule has 2 N–H and O–H groups in total. The van der Waals surface area contributed by atoms with Crippen LogP contribution < -0.4 is 0 Å². The summed E-state index contributed by atoms with van der Waals surface area (Å²) in [5.74, 6) is -3.70. The number of rotatable bonds is 3. The van der Waals surface area contributed by atoms with Crippen molar-refractivity contribution in [3.8, 4) is 0 Å². The van der Waals surface area contributed by atoms with Gasteiger partial charge in [-0.05, 0) is 30.1 Å². The van der Waals surface area contributed by atoms with Gasteiger partial charge in [0.2, 0.25) is 0 Å². The van der Waals surface area contributed by atoms with E-state index in [0.717, 1.165) is 19.3 Å². The second-order valence-electron chi connectivity index (χ2n) is 6.07. The van der Waals surface area contributed by atoms with Crippen molar-refractivity contribution < 1.29 is 19.8 Å². The van der Waals surface area contributed by atoms with Crippen LogP contribution in [0.25, 0.3) is 0 Å². The van der Waals surface area contributed by atoms with E-state index in [1.54, 1.807) is 0 Å². The van der Waals surface area contributed by atoms with E-state index < -0.39 is 17.9 Å². The van der Waals surface area contributed by atoms with Crippen molar-refractivity contribution in [2.75, 3.05) is 0 Å². The monoisotopic (exact) mass is 282 g/mol. The second kappa shape index (κ2) is 7.38. The molecule has 0 bridgehead atoms. The molecule has 1 rings (SSSR count). The molecule has 0 aromatic heterocycles. The summed E-state index contributed by atoms with van der Waals surface area (Å²) in [6, 6.07) is 0. The Morgan fingerprint density at radius 2 is 1.50 bits per heavy atom. The average Bonchev–Trinajstić information content (AvgIpc) is 2.15. The Hall–Kier alpha value is 0.576.